The van der Waals surface area contributed by atoms with Crippen molar-refractivity contribution in [2.45, 2.75) is 18.9 Å². The number of benzene rings is 1. The summed E-state index contributed by atoms with van der Waals surface area (Å²) in [5, 5.41) is 4.10. The van der Waals surface area contributed by atoms with Gasteiger partial charge in [0.2, 0.25) is 5.91 Å². The van der Waals surface area contributed by atoms with Crippen molar-refractivity contribution in [3.05, 3.63) is 30.5 Å². The average Bonchev–Trinajstić information content (AvgIpc) is 2.97. The van der Waals surface area contributed by atoms with Gasteiger partial charge >= 0.3 is 0 Å². The highest BCUT2D eigenvalue weighted by molar-refractivity contribution is 6.03. The van der Waals surface area contributed by atoms with E-state index in [1.165, 1.54) is 0 Å². The molecule has 1 aliphatic rings. The van der Waals surface area contributed by atoms with Gasteiger partial charge in [0, 0.05) is 17.1 Å². The van der Waals surface area contributed by atoms with Gasteiger partial charge < -0.3 is 10.3 Å². The second kappa shape index (κ2) is 4.46. The SMILES string of the molecule is CN1CCC[C@H]1C(=O)Nc1cccc2[nH]ccc12. The van der Waals surface area contributed by atoms with E-state index in [0.717, 1.165) is 36.0 Å². The lowest BCUT2D eigenvalue weighted by Crippen LogP contribution is -2.37. The van der Waals surface area contributed by atoms with Crippen LogP contribution in [0.2, 0.25) is 0 Å². The zero-order valence-corrected chi connectivity index (χ0v) is 10.4. The molecule has 1 atom stereocenters. The van der Waals surface area contributed by atoms with Crippen LogP contribution >= 0.6 is 0 Å². The normalized spacial score (nSPS) is 20.4. The predicted octanol–water partition coefficient (Wildman–Crippen LogP) is 2.20. The highest BCUT2D eigenvalue weighted by atomic mass is 16.2. The van der Waals surface area contributed by atoms with Crippen molar-refractivity contribution in [3.8, 4) is 0 Å². The van der Waals surface area contributed by atoms with Crippen molar-refractivity contribution in [1.29, 1.82) is 0 Å². The lowest BCUT2D eigenvalue weighted by molar-refractivity contribution is -0.119. The van der Waals surface area contributed by atoms with Crippen molar-refractivity contribution >= 4 is 22.5 Å². The highest BCUT2D eigenvalue weighted by Gasteiger charge is 2.27. The van der Waals surface area contributed by atoms with Gasteiger partial charge in [-0.15, -0.1) is 0 Å². The van der Waals surface area contributed by atoms with Crippen LogP contribution in [0.25, 0.3) is 10.9 Å². The molecule has 0 bridgehead atoms. The maximum atomic E-state index is 12.2. The lowest BCUT2D eigenvalue weighted by Gasteiger charge is -2.18. The molecule has 18 heavy (non-hydrogen) atoms. The summed E-state index contributed by atoms with van der Waals surface area (Å²) in [7, 11) is 2.01. The Labute approximate surface area is 106 Å². The summed E-state index contributed by atoms with van der Waals surface area (Å²) in [6.45, 7) is 1.01. The first-order valence-electron chi connectivity index (χ1n) is 6.33. The Hall–Kier alpha value is -1.81. The number of carbonyl (C=O) groups is 1. The van der Waals surface area contributed by atoms with Crippen molar-refractivity contribution in [3.63, 3.8) is 0 Å². The molecule has 1 saturated heterocycles. The van der Waals surface area contributed by atoms with Crippen molar-refractivity contribution in [1.82, 2.24) is 9.88 Å². The number of likely N-dealkylation sites (N-methyl/N-ethyl adjacent to an activating group) is 1. The molecule has 0 unspecified atom stereocenters. The van der Waals surface area contributed by atoms with Crippen LogP contribution in [0.5, 0.6) is 0 Å². The second-order valence-corrected chi connectivity index (χ2v) is 4.87. The van der Waals surface area contributed by atoms with Crippen molar-refractivity contribution < 1.29 is 4.79 Å². The number of nitrogens with one attached hydrogen (secondary N) is 2. The minimum Gasteiger partial charge on any atom is -0.361 e. The lowest BCUT2D eigenvalue weighted by atomic mass is 10.1. The first kappa shape index (κ1) is 11.3. The Morgan fingerprint density at radius 1 is 1.44 bits per heavy atom. The van der Waals surface area contributed by atoms with Gasteiger partial charge in [-0.3, -0.25) is 9.69 Å². The summed E-state index contributed by atoms with van der Waals surface area (Å²) in [4.78, 5) is 17.5. The molecule has 0 aliphatic carbocycles. The van der Waals surface area contributed by atoms with Crippen LogP contribution < -0.4 is 5.32 Å². The molecule has 1 fully saturated rings. The molecule has 4 heteroatoms. The zero-order valence-electron chi connectivity index (χ0n) is 10.4. The molecule has 0 spiro atoms. The molecular weight excluding hydrogens is 226 g/mol. The minimum absolute atomic E-state index is 0.0131. The molecule has 1 aliphatic heterocycles. The fourth-order valence-corrected chi connectivity index (χ4v) is 2.65. The maximum Gasteiger partial charge on any atom is 0.241 e. The Morgan fingerprint density at radius 3 is 3.11 bits per heavy atom. The van der Waals surface area contributed by atoms with E-state index >= 15 is 0 Å². The molecule has 0 saturated carbocycles. The van der Waals surface area contributed by atoms with Crippen LogP contribution in [0.4, 0.5) is 5.69 Å². The van der Waals surface area contributed by atoms with Crippen LogP contribution in [-0.4, -0.2) is 35.4 Å². The molecule has 2 aromatic rings. The number of aromatic amines is 1. The van der Waals surface area contributed by atoms with E-state index < -0.39 is 0 Å². The number of amides is 1. The van der Waals surface area contributed by atoms with Gasteiger partial charge in [0.1, 0.15) is 0 Å². The number of aromatic nitrogens is 1. The number of anilines is 1. The number of rotatable bonds is 2. The van der Waals surface area contributed by atoms with Gasteiger partial charge in [-0.2, -0.15) is 0 Å². The summed E-state index contributed by atoms with van der Waals surface area (Å²) >= 11 is 0. The minimum atomic E-state index is 0.0131. The van der Waals surface area contributed by atoms with Gasteiger partial charge in [-0.05, 0) is 44.6 Å². The Balaban J connectivity index is 1.84. The van der Waals surface area contributed by atoms with Crippen LogP contribution in [0.1, 0.15) is 12.8 Å². The maximum absolute atomic E-state index is 12.2. The van der Waals surface area contributed by atoms with Gasteiger partial charge in [-0.25, -0.2) is 0 Å². The van der Waals surface area contributed by atoms with Crippen LogP contribution in [0.3, 0.4) is 0 Å². The Bertz CT molecular complexity index is 575. The van der Waals surface area contributed by atoms with Crippen molar-refractivity contribution in [2.24, 2.45) is 0 Å². The van der Waals surface area contributed by atoms with Gasteiger partial charge in [0.15, 0.2) is 0 Å². The van der Waals surface area contributed by atoms with Gasteiger partial charge in [0.25, 0.3) is 0 Å². The molecular formula is C14H17N3O. The molecule has 2 N–H and O–H groups in total. The zero-order chi connectivity index (χ0) is 12.5. The number of carbonyl (C=O) groups excluding carboxylic acids is 1. The smallest absolute Gasteiger partial charge is 0.241 e. The number of fused-ring (bicyclic) bond motifs is 1. The summed E-state index contributed by atoms with van der Waals surface area (Å²) in [6, 6.07) is 7.91. The van der Waals surface area contributed by atoms with E-state index in [-0.39, 0.29) is 11.9 Å². The summed E-state index contributed by atoms with van der Waals surface area (Å²) < 4.78 is 0. The fraction of sp³-hybridized carbons (Fsp3) is 0.357. The highest BCUT2D eigenvalue weighted by Crippen LogP contribution is 2.23. The fourth-order valence-electron chi connectivity index (χ4n) is 2.65. The summed E-state index contributed by atoms with van der Waals surface area (Å²) in [5.74, 6) is 0.101. The van der Waals surface area contributed by atoms with E-state index in [4.69, 9.17) is 0 Å². The van der Waals surface area contributed by atoms with E-state index in [9.17, 15) is 4.79 Å². The van der Waals surface area contributed by atoms with E-state index in [2.05, 4.69) is 15.2 Å². The quantitative estimate of drug-likeness (QED) is 0.849. The van der Waals surface area contributed by atoms with Crippen LogP contribution in [-0.2, 0) is 4.79 Å². The number of H-pyrrole nitrogens is 1. The summed E-state index contributed by atoms with van der Waals surface area (Å²) in [6.07, 6.45) is 3.94. The summed E-state index contributed by atoms with van der Waals surface area (Å²) in [5.41, 5.74) is 1.94. The second-order valence-electron chi connectivity index (χ2n) is 4.87. The van der Waals surface area contributed by atoms with Crippen molar-refractivity contribution in [2.75, 3.05) is 18.9 Å². The third-order valence-corrected chi connectivity index (χ3v) is 3.68. The average molecular weight is 243 g/mol. The molecule has 0 radical (unpaired) electrons. The van der Waals surface area contributed by atoms with Gasteiger partial charge in [-0.1, -0.05) is 6.07 Å². The molecule has 1 aromatic heterocycles. The number of hydrogen-bond donors (Lipinski definition) is 2. The van der Waals surface area contributed by atoms with Gasteiger partial charge in [0.05, 0.1) is 11.7 Å². The standard InChI is InChI=1S/C14H17N3O/c1-17-9-3-6-13(17)14(18)16-12-5-2-4-11-10(12)7-8-15-11/h2,4-5,7-8,13,15H,3,6,9H2,1H3,(H,16,18)/t13-/m0/s1. The molecule has 4 nitrogen and oxygen atoms in total. The number of hydrogen-bond acceptors (Lipinski definition) is 2. The van der Waals surface area contributed by atoms with E-state index in [0.29, 0.717) is 0 Å². The molecule has 1 amide bonds. The van der Waals surface area contributed by atoms with E-state index in [1.807, 2.05) is 37.5 Å². The predicted molar refractivity (Wildman–Crippen MR) is 72.6 cm³/mol. The molecule has 94 valence electrons. The molecule has 1 aromatic carbocycles. The monoisotopic (exact) mass is 243 g/mol. The number of nitrogens with zero attached hydrogens (tertiary/aromatic N) is 1. The Morgan fingerprint density at radius 2 is 2.33 bits per heavy atom. The molecule has 2 heterocycles. The molecule has 3 rings (SSSR count). The van der Waals surface area contributed by atoms with Crippen LogP contribution in [0, 0.1) is 0 Å². The third-order valence-electron chi connectivity index (χ3n) is 3.68. The number of likely N-dealkylation sites (tertiary alicyclic amines) is 1. The topological polar surface area (TPSA) is 48.1 Å². The largest absolute Gasteiger partial charge is 0.361 e. The Kier molecular flexibility index (Phi) is 2.80. The first-order chi connectivity index (χ1) is 8.75. The van der Waals surface area contributed by atoms with Crippen LogP contribution in [0.15, 0.2) is 30.5 Å². The van der Waals surface area contributed by atoms with E-state index in [1.54, 1.807) is 0 Å². The first-order valence-corrected chi connectivity index (χ1v) is 6.33. The third kappa shape index (κ3) is 1.88.